The minimum Gasteiger partial charge on any atom is -0.494 e. The molecule has 2 aromatic rings. The molecule has 1 aromatic carbocycles. The van der Waals surface area contributed by atoms with Crippen molar-refractivity contribution in [2.45, 2.75) is 17.9 Å². The number of rotatable bonds is 6. The molecule has 0 fully saturated rings. The van der Waals surface area contributed by atoms with E-state index in [-0.39, 0.29) is 29.9 Å². The van der Waals surface area contributed by atoms with Crippen molar-refractivity contribution in [3.63, 3.8) is 0 Å². The second-order valence-corrected chi connectivity index (χ2v) is 6.26. The number of para-hydroxylation sites is 2. The number of halogens is 1. The van der Waals surface area contributed by atoms with E-state index >= 15 is 0 Å². The zero-order chi connectivity index (χ0) is 15.5. The summed E-state index contributed by atoms with van der Waals surface area (Å²) in [6.07, 6.45) is 2.72. The second-order valence-electron chi connectivity index (χ2n) is 4.55. The molecule has 0 aliphatic rings. The summed E-state index contributed by atoms with van der Waals surface area (Å²) >= 11 is 0. The van der Waals surface area contributed by atoms with Crippen LogP contribution in [0.4, 0.5) is 0 Å². The maximum Gasteiger partial charge on any atom is 0.243 e. The first-order chi connectivity index (χ1) is 9.97. The molecule has 1 aromatic heterocycles. The molecule has 2 rings (SSSR count). The molecule has 3 N–H and O–H groups in total. The number of hydrogen-bond acceptors (Lipinski definition) is 5. The smallest absolute Gasteiger partial charge is 0.243 e. The third kappa shape index (κ3) is 3.98. The van der Waals surface area contributed by atoms with Crippen molar-refractivity contribution in [1.29, 1.82) is 0 Å². The Balaban J connectivity index is 0.00000242. The Labute approximate surface area is 135 Å². The van der Waals surface area contributed by atoms with Gasteiger partial charge < -0.3 is 10.5 Å². The van der Waals surface area contributed by atoms with Crippen molar-refractivity contribution >= 4 is 22.4 Å². The van der Waals surface area contributed by atoms with Gasteiger partial charge in [0.25, 0.3) is 0 Å². The number of methoxy groups -OCH3 is 1. The number of sulfonamides is 1. The molecule has 1 atom stereocenters. The summed E-state index contributed by atoms with van der Waals surface area (Å²) in [5.74, 6) is 0.604. The van der Waals surface area contributed by atoms with Gasteiger partial charge >= 0.3 is 0 Å². The normalized spacial score (nSPS) is 12.5. The lowest BCUT2D eigenvalue weighted by atomic mass is 10.3. The lowest BCUT2D eigenvalue weighted by Crippen LogP contribution is -2.37. The molecule has 122 valence electrons. The molecule has 0 aliphatic heterocycles. The fourth-order valence-corrected chi connectivity index (χ4v) is 2.96. The summed E-state index contributed by atoms with van der Waals surface area (Å²) in [7, 11) is -2.09. The van der Waals surface area contributed by atoms with Gasteiger partial charge in [0.15, 0.2) is 0 Å². The third-order valence-electron chi connectivity index (χ3n) is 2.91. The van der Waals surface area contributed by atoms with E-state index in [0.717, 1.165) is 0 Å². The van der Waals surface area contributed by atoms with Crippen molar-refractivity contribution in [3.05, 3.63) is 36.7 Å². The summed E-state index contributed by atoms with van der Waals surface area (Å²) in [5, 5.41) is 4.08. The second kappa shape index (κ2) is 7.59. The Hall–Kier alpha value is -1.61. The summed E-state index contributed by atoms with van der Waals surface area (Å²) in [4.78, 5) is 0.0775. The SMILES string of the molecule is COc1ccccc1-n1cc(S(=O)(=O)N[C@@H](C)CN)cn1.Cl. The van der Waals surface area contributed by atoms with Crippen molar-refractivity contribution in [3.8, 4) is 11.4 Å². The molecule has 0 saturated heterocycles. The number of nitrogens with one attached hydrogen (secondary N) is 1. The van der Waals surface area contributed by atoms with Crippen molar-refractivity contribution < 1.29 is 13.2 Å². The first-order valence-electron chi connectivity index (χ1n) is 6.38. The number of aromatic nitrogens is 2. The number of nitrogens with zero attached hydrogens (tertiary/aromatic N) is 2. The van der Waals surface area contributed by atoms with Crippen molar-refractivity contribution in [2.75, 3.05) is 13.7 Å². The van der Waals surface area contributed by atoms with Crippen LogP contribution in [0.1, 0.15) is 6.92 Å². The van der Waals surface area contributed by atoms with Gasteiger partial charge in [-0.15, -0.1) is 12.4 Å². The molecule has 9 heteroatoms. The average Bonchev–Trinajstić information content (AvgIpc) is 2.97. The zero-order valence-corrected chi connectivity index (χ0v) is 13.9. The monoisotopic (exact) mass is 346 g/mol. The molecule has 0 aliphatic carbocycles. The quantitative estimate of drug-likeness (QED) is 0.810. The van der Waals surface area contributed by atoms with Gasteiger partial charge in [-0.05, 0) is 19.1 Å². The fraction of sp³-hybridized carbons (Fsp3) is 0.308. The summed E-state index contributed by atoms with van der Waals surface area (Å²) in [6.45, 7) is 1.92. The Morgan fingerprint density at radius 2 is 2.09 bits per heavy atom. The molecule has 22 heavy (non-hydrogen) atoms. The Morgan fingerprint density at radius 1 is 1.41 bits per heavy atom. The molecule has 7 nitrogen and oxygen atoms in total. The molecule has 0 amide bonds. The predicted molar refractivity (Wildman–Crippen MR) is 86.2 cm³/mol. The van der Waals surface area contributed by atoms with E-state index in [4.69, 9.17) is 10.5 Å². The highest BCUT2D eigenvalue weighted by Crippen LogP contribution is 2.22. The first-order valence-corrected chi connectivity index (χ1v) is 7.86. The molecular formula is C13H19ClN4O3S. The van der Waals surface area contributed by atoms with E-state index in [1.807, 2.05) is 12.1 Å². The summed E-state index contributed by atoms with van der Waals surface area (Å²) in [6, 6.07) is 6.87. The molecule has 0 bridgehead atoms. The van der Waals surface area contributed by atoms with Crippen LogP contribution in [0, 0.1) is 0 Å². The van der Waals surface area contributed by atoms with Crippen LogP contribution in [-0.2, 0) is 10.0 Å². The van der Waals surface area contributed by atoms with Gasteiger partial charge in [-0.3, -0.25) is 0 Å². The minimum absolute atomic E-state index is 0. The van der Waals surface area contributed by atoms with Crippen LogP contribution in [0.25, 0.3) is 5.69 Å². The summed E-state index contributed by atoms with van der Waals surface area (Å²) < 4.78 is 33.5. The van der Waals surface area contributed by atoms with E-state index in [1.54, 1.807) is 26.2 Å². The molecule has 0 unspecified atom stereocenters. The lowest BCUT2D eigenvalue weighted by Gasteiger charge is -2.10. The van der Waals surface area contributed by atoms with Gasteiger partial charge in [-0.2, -0.15) is 5.10 Å². The van der Waals surface area contributed by atoms with Crippen LogP contribution < -0.4 is 15.2 Å². The van der Waals surface area contributed by atoms with E-state index in [2.05, 4.69) is 9.82 Å². The van der Waals surface area contributed by atoms with Gasteiger partial charge in [-0.1, -0.05) is 12.1 Å². The minimum atomic E-state index is -3.63. The molecule has 1 heterocycles. The molecule has 0 saturated carbocycles. The van der Waals surface area contributed by atoms with Crippen LogP contribution in [0.3, 0.4) is 0 Å². The van der Waals surface area contributed by atoms with Gasteiger partial charge in [0.2, 0.25) is 10.0 Å². The fourth-order valence-electron chi connectivity index (χ4n) is 1.78. The number of hydrogen-bond donors (Lipinski definition) is 2. The number of nitrogens with two attached hydrogens (primary N) is 1. The Morgan fingerprint density at radius 3 is 2.73 bits per heavy atom. The predicted octanol–water partition coefficient (Wildman–Crippen LogP) is 0.928. The number of ether oxygens (including phenoxy) is 1. The highest BCUT2D eigenvalue weighted by Gasteiger charge is 2.19. The van der Waals surface area contributed by atoms with E-state index < -0.39 is 10.0 Å². The maximum atomic E-state index is 12.1. The Kier molecular flexibility index (Phi) is 6.36. The standard InChI is InChI=1S/C13H18N4O3S.ClH/c1-10(7-14)16-21(18,19)11-8-15-17(9-11)12-5-3-4-6-13(12)20-2;/h3-6,8-10,16H,7,14H2,1-2H3;1H/t10-;/m0./s1. The number of benzene rings is 1. The highest BCUT2D eigenvalue weighted by atomic mass is 35.5. The third-order valence-corrected chi connectivity index (χ3v) is 4.46. The molecule has 0 radical (unpaired) electrons. The van der Waals surface area contributed by atoms with Gasteiger partial charge in [0.05, 0.1) is 19.5 Å². The van der Waals surface area contributed by atoms with Gasteiger partial charge in [0, 0.05) is 12.6 Å². The average molecular weight is 347 g/mol. The topological polar surface area (TPSA) is 99.2 Å². The largest absolute Gasteiger partial charge is 0.494 e. The van der Waals surface area contributed by atoms with Crippen molar-refractivity contribution in [1.82, 2.24) is 14.5 Å². The van der Waals surface area contributed by atoms with Crippen molar-refractivity contribution in [2.24, 2.45) is 5.73 Å². The maximum absolute atomic E-state index is 12.1. The van der Waals surface area contributed by atoms with Crippen LogP contribution in [0.15, 0.2) is 41.6 Å². The molecule has 0 spiro atoms. The highest BCUT2D eigenvalue weighted by molar-refractivity contribution is 7.89. The van der Waals surface area contributed by atoms with E-state index in [0.29, 0.717) is 11.4 Å². The zero-order valence-electron chi connectivity index (χ0n) is 12.3. The Bertz CT molecular complexity index is 718. The van der Waals surface area contributed by atoms with Crippen LogP contribution in [0.2, 0.25) is 0 Å². The summed E-state index contributed by atoms with van der Waals surface area (Å²) in [5.41, 5.74) is 6.09. The lowest BCUT2D eigenvalue weighted by molar-refractivity contribution is 0.411. The molecular weight excluding hydrogens is 328 g/mol. The van der Waals surface area contributed by atoms with Gasteiger partial charge in [0.1, 0.15) is 16.3 Å². The van der Waals surface area contributed by atoms with E-state index in [1.165, 1.54) is 17.1 Å². The van der Waals surface area contributed by atoms with Crippen LogP contribution >= 0.6 is 12.4 Å². The van der Waals surface area contributed by atoms with E-state index in [9.17, 15) is 8.42 Å². The van der Waals surface area contributed by atoms with Gasteiger partial charge in [-0.25, -0.2) is 17.8 Å². The van der Waals surface area contributed by atoms with Crippen LogP contribution in [0.5, 0.6) is 5.75 Å². The first kappa shape index (κ1) is 18.4. The van der Waals surface area contributed by atoms with Crippen LogP contribution in [-0.4, -0.2) is 37.9 Å².